The van der Waals surface area contributed by atoms with Gasteiger partial charge in [-0.05, 0) is 43.5 Å². The smallest absolute Gasteiger partial charge is 0.227 e. The van der Waals surface area contributed by atoms with E-state index >= 15 is 0 Å². The third-order valence-corrected chi connectivity index (χ3v) is 4.27. The molecule has 0 atom stereocenters. The molecule has 2 rings (SSSR count). The van der Waals surface area contributed by atoms with Gasteiger partial charge in [-0.15, -0.1) is 0 Å². The van der Waals surface area contributed by atoms with Gasteiger partial charge in [-0.1, -0.05) is 19.3 Å². The zero-order valence-electron chi connectivity index (χ0n) is 13.3. The average Bonchev–Trinajstić information content (AvgIpc) is 2.41. The summed E-state index contributed by atoms with van der Waals surface area (Å²) in [5, 5.41) is 13.4. The molecule has 0 spiro atoms. The first-order valence-electron chi connectivity index (χ1n) is 7.70. The second-order valence-corrected chi connectivity index (χ2v) is 6.40. The molecule has 1 aromatic rings. The Bertz CT molecular complexity index is 506. The second-order valence-electron chi connectivity index (χ2n) is 6.40. The summed E-state index contributed by atoms with van der Waals surface area (Å²) < 4.78 is 0. The fourth-order valence-electron chi connectivity index (χ4n) is 2.95. The van der Waals surface area contributed by atoms with Crippen LogP contribution < -0.4 is 10.2 Å². The van der Waals surface area contributed by atoms with E-state index in [2.05, 4.69) is 5.32 Å². The van der Waals surface area contributed by atoms with E-state index in [0.29, 0.717) is 0 Å². The molecule has 4 nitrogen and oxygen atoms in total. The van der Waals surface area contributed by atoms with E-state index in [1.807, 2.05) is 44.1 Å². The van der Waals surface area contributed by atoms with Crippen molar-refractivity contribution >= 4 is 17.3 Å². The largest absolute Gasteiger partial charge is 0.389 e. The predicted molar refractivity (Wildman–Crippen MR) is 86.8 cm³/mol. The van der Waals surface area contributed by atoms with E-state index in [0.717, 1.165) is 49.0 Å². The highest BCUT2D eigenvalue weighted by molar-refractivity contribution is 5.92. The molecule has 2 N–H and O–H groups in total. The minimum Gasteiger partial charge on any atom is -0.389 e. The Morgan fingerprint density at radius 1 is 1.29 bits per heavy atom. The van der Waals surface area contributed by atoms with Crippen LogP contribution in [0.15, 0.2) is 18.2 Å². The summed E-state index contributed by atoms with van der Waals surface area (Å²) in [4.78, 5) is 14.2. The number of benzene rings is 1. The number of nitrogens with one attached hydrogen (secondary N) is 1. The number of carbonyl (C=O) groups is 1. The second kappa shape index (κ2) is 6.48. The normalized spacial score (nSPS) is 17.3. The van der Waals surface area contributed by atoms with Crippen molar-refractivity contribution in [3.63, 3.8) is 0 Å². The van der Waals surface area contributed by atoms with Crippen LogP contribution in [-0.4, -0.2) is 30.7 Å². The zero-order chi connectivity index (χ0) is 15.5. The number of rotatable bonds is 4. The standard InChI is InChI=1S/C17H26N2O2/c1-13-11-14(19(2)3)7-8-15(13)18-16(20)12-17(21)9-5-4-6-10-17/h7-8,11,21H,4-6,9-10,12H2,1-3H3,(H,18,20). The van der Waals surface area contributed by atoms with Gasteiger partial charge in [0.05, 0.1) is 12.0 Å². The Morgan fingerprint density at radius 3 is 2.52 bits per heavy atom. The quantitative estimate of drug-likeness (QED) is 0.896. The third kappa shape index (κ3) is 4.21. The van der Waals surface area contributed by atoms with Crippen LogP contribution >= 0.6 is 0 Å². The maximum Gasteiger partial charge on any atom is 0.227 e. The Labute approximate surface area is 127 Å². The van der Waals surface area contributed by atoms with Gasteiger partial charge in [-0.25, -0.2) is 0 Å². The van der Waals surface area contributed by atoms with Gasteiger partial charge >= 0.3 is 0 Å². The van der Waals surface area contributed by atoms with Gasteiger partial charge in [-0.3, -0.25) is 4.79 Å². The van der Waals surface area contributed by atoms with Crippen LogP contribution in [0.3, 0.4) is 0 Å². The van der Waals surface area contributed by atoms with Gasteiger partial charge in [0.15, 0.2) is 0 Å². The maximum absolute atomic E-state index is 12.2. The van der Waals surface area contributed by atoms with E-state index < -0.39 is 5.60 Å². The first kappa shape index (κ1) is 15.8. The summed E-state index contributed by atoms with van der Waals surface area (Å²) in [5.41, 5.74) is 2.16. The van der Waals surface area contributed by atoms with Crippen molar-refractivity contribution < 1.29 is 9.90 Å². The highest BCUT2D eigenvalue weighted by Gasteiger charge is 2.31. The summed E-state index contributed by atoms with van der Waals surface area (Å²) >= 11 is 0. The van der Waals surface area contributed by atoms with Crippen LogP contribution in [0.1, 0.15) is 44.1 Å². The lowest BCUT2D eigenvalue weighted by Crippen LogP contribution is -2.36. The molecule has 1 aromatic carbocycles. The molecule has 0 heterocycles. The topological polar surface area (TPSA) is 52.6 Å². The van der Waals surface area contributed by atoms with E-state index in [1.54, 1.807) is 0 Å². The van der Waals surface area contributed by atoms with Crippen molar-refractivity contribution in [2.24, 2.45) is 0 Å². The van der Waals surface area contributed by atoms with Crippen LogP contribution in [0.25, 0.3) is 0 Å². The minimum absolute atomic E-state index is 0.0971. The number of carbonyl (C=O) groups excluding carboxylic acids is 1. The van der Waals surface area contributed by atoms with Gasteiger partial charge in [0.1, 0.15) is 0 Å². The maximum atomic E-state index is 12.2. The lowest BCUT2D eigenvalue weighted by Gasteiger charge is -2.31. The molecule has 1 fully saturated rings. The number of hydrogen-bond donors (Lipinski definition) is 2. The van der Waals surface area contributed by atoms with Gasteiger partial charge in [0.25, 0.3) is 0 Å². The number of anilines is 2. The van der Waals surface area contributed by atoms with Crippen molar-refractivity contribution in [1.82, 2.24) is 0 Å². The number of amides is 1. The van der Waals surface area contributed by atoms with Gasteiger partial charge in [0, 0.05) is 25.5 Å². The SMILES string of the molecule is Cc1cc(N(C)C)ccc1NC(=O)CC1(O)CCCCC1. The molecular formula is C17H26N2O2. The molecule has 0 aromatic heterocycles. The molecule has 1 saturated carbocycles. The molecule has 0 unspecified atom stereocenters. The highest BCUT2D eigenvalue weighted by atomic mass is 16.3. The number of hydrogen-bond acceptors (Lipinski definition) is 3. The summed E-state index contributed by atoms with van der Waals surface area (Å²) in [7, 11) is 3.98. The molecular weight excluding hydrogens is 264 g/mol. The van der Waals surface area contributed by atoms with Crippen molar-refractivity contribution in [1.29, 1.82) is 0 Å². The van der Waals surface area contributed by atoms with E-state index in [4.69, 9.17) is 0 Å². The Hall–Kier alpha value is -1.55. The summed E-state index contributed by atoms with van der Waals surface area (Å²) in [5.74, 6) is -0.0971. The molecule has 4 heteroatoms. The van der Waals surface area contributed by atoms with Crippen LogP contribution in [0.2, 0.25) is 0 Å². The fourth-order valence-corrected chi connectivity index (χ4v) is 2.95. The Kier molecular flexibility index (Phi) is 4.88. The Balaban J connectivity index is 1.99. The molecule has 21 heavy (non-hydrogen) atoms. The molecule has 1 aliphatic carbocycles. The van der Waals surface area contributed by atoms with E-state index in [1.165, 1.54) is 0 Å². The third-order valence-electron chi connectivity index (χ3n) is 4.27. The molecule has 0 radical (unpaired) electrons. The van der Waals surface area contributed by atoms with E-state index in [-0.39, 0.29) is 12.3 Å². The van der Waals surface area contributed by atoms with Gasteiger partial charge < -0.3 is 15.3 Å². The van der Waals surface area contributed by atoms with Crippen molar-refractivity contribution in [3.05, 3.63) is 23.8 Å². The van der Waals surface area contributed by atoms with Crippen LogP contribution in [0.5, 0.6) is 0 Å². The van der Waals surface area contributed by atoms with Crippen molar-refractivity contribution in [2.45, 2.75) is 51.0 Å². The zero-order valence-corrected chi connectivity index (χ0v) is 13.3. The lowest BCUT2D eigenvalue weighted by molar-refractivity contribution is -0.122. The molecule has 1 amide bonds. The monoisotopic (exact) mass is 290 g/mol. The van der Waals surface area contributed by atoms with E-state index in [9.17, 15) is 9.90 Å². The number of aliphatic hydroxyl groups is 1. The summed E-state index contributed by atoms with van der Waals surface area (Å²) in [6.07, 6.45) is 4.86. The number of nitrogens with zero attached hydrogens (tertiary/aromatic N) is 1. The van der Waals surface area contributed by atoms with Crippen LogP contribution in [0.4, 0.5) is 11.4 Å². The highest BCUT2D eigenvalue weighted by Crippen LogP contribution is 2.31. The molecule has 1 aliphatic rings. The summed E-state index contributed by atoms with van der Waals surface area (Å²) in [6, 6.07) is 5.95. The minimum atomic E-state index is -0.806. The molecule has 0 bridgehead atoms. The molecule has 116 valence electrons. The predicted octanol–water partition coefficient (Wildman–Crippen LogP) is 3.08. The first-order chi connectivity index (χ1) is 9.89. The van der Waals surface area contributed by atoms with Gasteiger partial charge in [0.2, 0.25) is 5.91 Å². The first-order valence-corrected chi connectivity index (χ1v) is 7.70. The van der Waals surface area contributed by atoms with Crippen LogP contribution in [-0.2, 0) is 4.79 Å². The van der Waals surface area contributed by atoms with Crippen molar-refractivity contribution in [2.75, 3.05) is 24.3 Å². The fraction of sp³-hybridized carbons (Fsp3) is 0.588. The van der Waals surface area contributed by atoms with Gasteiger partial charge in [-0.2, -0.15) is 0 Å². The molecule has 0 saturated heterocycles. The molecule has 0 aliphatic heterocycles. The lowest BCUT2D eigenvalue weighted by atomic mass is 9.82. The summed E-state index contributed by atoms with van der Waals surface area (Å²) in [6.45, 7) is 1.98. The number of aryl methyl sites for hydroxylation is 1. The average molecular weight is 290 g/mol. The Morgan fingerprint density at radius 2 is 1.95 bits per heavy atom. The van der Waals surface area contributed by atoms with Crippen LogP contribution in [0, 0.1) is 6.92 Å². The van der Waals surface area contributed by atoms with Crippen molar-refractivity contribution in [3.8, 4) is 0 Å².